The largest absolute Gasteiger partial charge is 0.493 e. The van der Waals surface area contributed by atoms with Crippen molar-refractivity contribution in [2.45, 2.75) is 6.42 Å². The summed E-state index contributed by atoms with van der Waals surface area (Å²) in [5, 5.41) is 8.76. The van der Waals surface area contributed by atoms with Crippen LogP contribution in [0.4, 0.5) is 0 Å². The summed E-state index contributed by atoms with van der Waals surface area (Å²) in [5.74, 6) is 0.750. The number of benzene rings is 2. The van der Waals surface area contributed by atoms with E-state index in [4.69, 9.17) is 10.00 Å². The van der Waals surface area contributed by atoms with Crippen LogP contribution >= 0.6 is 0 Å². The van der Waals surface area contributed by atoms with Crippen LogP contribution in [0.2, 0.25) is 0 Å². The number of rotatable bonds is 4. The van der Waals surface area contributed by atoms with Crippen molar-refractivity contribution in [3.05, 3.63) is 65.7 Å². The molecule has 2 nitrogen and oxygen atoms in total. The van der Waals surface area contributed by atoms with Gasteiger partial charge in [0.05, 0.1) is 18.2 Å². The summed E-state index contributed by atoms with van der Waals surface area (Å²) >= 11 is 0. The van der Waals surface area contributed by atoms with Crippen molar-refractivity contribution in [3.63, 3.8) is 0 Å². The van der Waals surface area contributed by atoms with Crippen LogP contribution in [0.1, 0.15) is 11.1 Å². The summed E-state index contributed by atoms with van der Waals surface area (Å²) in [6.45, 7) is 0.624. The van der Waals surface area contributed by atoms with Gasteiger partial charge in [-0.1, -0.05) is 36.4 Å². The van der Waals surface area contributed by atoms with Crippen LogP contribution in [0.5, 0.6) is 5.75 Å². The maximum atomic E-state index is 8.76. The fourth-order valence-electron chi connectivity index (χ4n) is 1.59. The Hall–Kier alpha value is -2.27. The van der Waals surface area contributed by atoms with Gasteiger partial charge >= 0.3 is 0 Å². The predicted molar refractivity (Wildman–Crippen MR) is 66.8 cm³/mol. The molecule has 0 saturated heterocycles. The molecule has 0 amide bonds. The second-order valence-electron chi connectivity index (χ2n) is 3.72. The highest BCUT2D eigenvalue weighted by Gasteiger charge is 1.96. The minimum absolute atomic E-state index is 0.624. The number of hydrogen-bond acceptors (Lipinski definition) is 2. The van der Waals surface area contributed by atoms with Crippen molar-refractivity contribution >= 4 is 0 Å². The first-order valence-electron chi connectivity index (χ1n) is 5.55. The van der Waals surface area contributed by atoms with Gasteiger partial charge in [-0.05, 0) is 23.8 Å². The van der Waals surface area contributed by atoms with Crippen LogP contribution in [0.25, 0.3) is 0 Å². The van der Waals surface area contributed by atoms with E-state index in [0.29, 0.717) is 12.2 Å². The first-order valence-corrected chi connectivity index (χ1v) is 5.55. The molecule has 0 atom stereocenters. The number of hydrogen-bond donors (Lipinski definition) is 0. The molecule has 0 fully saturated rings. The molecule has 2 rings (SSSR count). The molecule has 0 saturated carbocycles. The molecule has 0 bridgehead atoms. The van der Waals surface area contributed by atoms with Gasteiger partial charge in [-0.3, -0.25) is 0 Å². The molecule has 0 aliphatic rings. The van der Waals surface area contributed by atoms with Crippen molar-refractivity contribution < 1.29 is 4.74 Å². The molecule has 0 spiro atoms. The Balaban J connectivity index is 1.88. The van der Waals surface area contributed by atoms with E-state index in [-0.39, 0.29) is 0 Å². The first kappa shape index (κ1) is 11.2. The average molecular weight is 223 g/mol. The first-order chi connectivity index (χ1) is 8.38. The van der Waals surface area contributed by atoms with Crippen LogP contribution in [0.15, 0.2) is 54.6 Å². The smallest absolute Gasteiger partial charge is 0.120 e. The standard InChI is InChI=1S/C15H13NO/c16-12-14-7-4-8-15(11-14)17-10-9-13-5-2-1-3-6-13/h1-8,11H,9-10H2. The maximum Gasteiger partial charge on any atom is 0.120 e. The third-order valence-corrected chi connectivity index (χ3v) is 2.47. The Morgan fingerprint density at radius 2 is 1.82 bits per heavy atom. The van der Waals surface area contributed by atoms with E-state index >= 15 is 0 Å². The van der Waals surface area contributed by atoms with Crippen LogP contribution in [-0.2, 0) is 6.42 Å². The van der Waals surface area contributed by atoms with E-state index < -0.39 is 0 Å². The minimum atomic E-state index is 0.624. The maximum absolute atomic E-state index is 8.76. The molecule has 17 heavy (non-hydrogen) atoms. The zero-order chi connectivity index (χ0) is 11.9. The van der Waals surface area contributed by atoms with Crippen LogP contribution in [0, 0.1) is 11.3 Å². The van der Waals surface area contributed by atoms with Crippen molar-refractivity contribution in [1.29, 1.82) is 5.26 Å². The lowest BCUT2D eigenvalue weighted by molar-refractivity contribution is 0.322. The number of nitriles is 1. The van der Waals surface area contributed by atoms with E-state index in [1.807, 2.05) is 30.3 Å². The lowest BCUT2D eigenvalue weighted by Gasteiger charge is -2.06. The molecular formula is C15H13NO. The Labute approximate surface area is 101 Å². The van der Waals surface area contributed by atoms with Gasteiger partial charge in [-0.2, -0.15) is 5.26 Å². The van der Waals surface area contributed by atoms with Gasteiger partial charge in [0.1, 0.15) is 5.75 Å². The van der Waals surface area contributed by atoms with Crippen molar-refractivity contribution in [2.24, 2.45) is 0 Å². The third kappa shape index (κ3) is 3.35. The second kappa shape index (κ2) is 5.72. The summed E-state index contributed by atoms with van der Waals surface area (Å²) < 4.78 is 5.60. The highest BCUT2D eigenvalue weighted by Crippen LogP contribution is 2.13. The van der Waals surface area contributed by atoms with Crippen molar-refractivity contribution in [1.82, 2.24) is 0 Å². The van der Waals surface area contributed by atoms with E-state index in [0.717, 1.165) is 12.2 Å². The van der Waals surface area contributed by atoms with Gasteiger partial charge < -0.3 is 4.74 Å². The molecule has 2 aromatic rings. The fourth-order valence-corrected chi connectivity index (χ4v) is 1.59. The van der Waals surface area contributed by atoms with Gasteiger partial charge in [0, 0.05) is 6.42 Å². The van der Waals surface area contributed by atoms with E-state index in [1.165, 1.54) is 5.56 Å². The lowest BCUT2D eigenvalue weighted by Crippen LogP contribution is -2.01. The molecule has 0 aliphatic heterocycles. The molecule has 0 radical (unpaired) electrons. The Morgan fingerprint density at radius 1 is 1.00 bits per heavy atom. The fraction of sp³-hybridized carbons (Fsp3) is 0.133. The second-order valence-corrected chi connectivity index (χ2v) is 3.72. The van der Waals surface area contributed by atoms with Crippen LogP contribution in [-0.4, -0.2) is 6.61 Å². The van der Waals surface area contributed by atoms with Gasteiger partial charge in [0.25, 0.3) is 0 Å². The quantitative estimate of drug-likeness (QED) is 0.797. The number of nitrogens with zero attached hydrogens (tertiary/aromatic N) is 1. The minimum Gasteiger partial charge on any atom is -0.493 e. The van der Waals surface area contributed by atoms with E-state index in [2.05, 4.69) is 18.2 Å². The van der Waals surface area contributed by atoms with Gasteiger partial charge in [0.2, 0.25) is 0 Å². The Kier molecular flexibility index (Phi) is 3.77. The van der Waals surface area contributed by atoms with Gasteiger partial charge in [0.15, 0.2) is 0 Å². The monoisotopic (exact) mass is 223 g/mol. The van der Waals surface area contributed by atoms with Gasteiger partial charge in [-0.15, -0.1) is 0 Å². The molecular weight excluding hydrogens is 210 g/mol. The normalized spacial score (nSPS) is 9.59. The molecule has 0 unspecified atom stereocenters. The highest BCUT2D eigenvalue weighted by molar-refractivity contribution is 5.36. The summed E-state index contributed by atoms with van der Waals surface area (Å²) in [7, 11) is 0. The summed E-state index contributed by atoms with van der Waals surface area (Å²) in [4.78, 5) is 0. The van der Waals surface area contributed by atoms with E-state index in [9.17, 15) is 0 Å². The molecule has 0 aliphatic carbocycles. The zero-order valence-electron chi connectivity index (χ0n) is 9.47. The average Bonchev–Trinajstić information content (AvgIpc) is 2.40. The SMILES string of the molecule is N#Cc1cccc(OCCc2ccccc2)c1. The third-order valence-electron chi connectivity index (χ3n) is 2.47. The molecule has 2 aromatic carbocycles. The molecule has 0 N–H and O–H groups in total. The molecule has 84 valence electrons. The predicted octanol–water partition coefficient (Wildman–Crippen LogP) is 3.18. The molecule has 0 aromatic heterocycles. The van der Waals surface area contributed by atoms with E-state index in [1.54, 1.807) is 12.1 Å². The lowest BCUT2D eigenvalue weighted by atomic mass is 10.2. The highest BCUT2D eigenvalue weighted by atomic mass is 16.5. The number of ether oxygens (including phenoxy) is 1. The summed E-state index contributed by atoms with van der Waals surface area (Å²) in [6, 6.07) is 19.5. The van der Waals surface area contributed by atoms with Crippen molar-refractivity contribution in [3.8, 4) is 11.8 Å². The Morgan fingerprint density at radius 3 is 2.59 bits per heavy atom. The van der Waals surface area contributed by atoms with Crippen LogP contribution in [0.3, 0.4) is 0 Å². The van der Waals surface area contributed by atoms with Gasteiger partial charge in [-0.25, -0.2) is 0 Å². The zero-order valence-corrected chi connectivity index (χ0v) is 9.47. The Bertz CT molecular complexity index is 514. The van der Waals surface area contributed by atoms with Crippen LogP contribution < -0.4 is 4.74 Å². The van der Waals surface area contributed by atoms with Crippen molar-refractivity contribution in [2.75, 3.05) is 6.61 Å². The molecule has 0 heterocycles. The summed E-state index contributed by atoms with van der Waals surface area (Å²) in [5.41, 5.74) is 1.88. The molecule has 2 heteroatoms. The topological polar surface area (TPSA) is 33.0 Å². The summed E-state index contributed by atoms with van der Waals surface area (Å²) in [6.07, 6.45) is 0.873.